The first kappa shape index (κ1) is 16.4. The van der Waals surface area contributed by atoms with Gasteiger partial charge in [-0.3, -0.25) is 0 Å². The molecule has 0 unspecified atom stereocenters. The van der Waals surface area contributed by atoms with Crippen LogP contribution in [-0.2, 0) is 9.47 Å². The van der Waals surface area contributed by atoms with E-state index in [0.29, 0.717) is 11.5 Å². The molecule has 2 rings (SSSR count). The monoisotopic (exact) mass is 302 g/mol. The largest absolute Gasteiger partial charge is 0.487 e. The molecule has 5 nitrogen and oxygen atoms in total. The molecule has 0 amide bonds. The zero-order chi connectivity index (χ0) is 16.2. The van der Waals surface area contributed by atoms with Crippen molar-refractivity contribution in [2.75, 3.05) is 14.2 Å². The molecule has 0 bridgehead atoms. The van der Waals surface area contributed by atoms with Crippen molar-refractivity contribution in [1.82, 2.24) is 9.97 Å². The lowest BCUT2D eigenvalue weighted by molar-refractivity contribution is -0.108. The number of aromatic nitrogens is 2. The lowest BCUT2D eigenvalue weighted by Gasteiger charge is -2.23. The minimum absolute atomic E-state index is 0.296. The molecule has 0 N–H and O–H groups in total. The Bertz CT molecular complexity index is 619. The maximum absolute atomic E-state index is 6.00. The van der Waals surface area contributed by atoms with Gasteiger partial charge in [0.15, 0.2) is 5.82 Å². The Morgan fingerprint density at radius 3 is 2.32 bits per heavy atom. The van der Waals surface area contributed by atoms with Gasteiger partial charge in [0.1, 0.15) is 17.0 Å². The maximum atomic E-state index is 6.00. The van der Waals surface area contributed by atoms with Crippen LogP contribution in [0.25, 0.3) is 11.4 Å². The third-order valence-electron chi connectivity index (χ3n) is 2.89. The molecule has 118 valence electrons. The predicted molar refractivity (Wildman–Crippen MR) is 84.6 cm³/mol. The van der Waals surface area contributed by atoms with E-state index in [-0.39, 0.29) is 5.60 Å². The minimum Gasteiger partial charge on any atom is -0.487 e. The number of hydrogen-bond acceptors (Lipinski definition) is 5. The molecule has 0 aliphatic rings. The van der Waals surface area contributed by atoms with Crippen LogP contribution in [0.2, 0.25) is 0 Å². The Kier molecular flexibility index (Phi) is 5.11. The van der Waals surface area contributed by atoms with E-state index in [9.17, 15) is 0 Å². The summed E-state index contributed by atoms with van der Waals surface area (Å²) in [6, 6.07) is 9.50. The molecule has 1 heterocycles. The van der Waals surface area contributed by atoms with Crippen molar-refractivity contribution in [3.05, 3.63) is 42.2 Å². The van der Waals surface area contributed by atoms with E-state index in [1.165, 1.54) is 0 Å². The summed E-state index contributed by atoms with van der Waals surface area (Å²) >= 11 is 0. The van der Waals surface area contributed by atoms with E-state index >= 15 is 0 Å². The molecule has 1 aromatic heterocycles. The van der Waals surface area contributed by atoms with Gasteiger partial charge in [-0.05, 0) is 39.0 Å². The highest BCUT2D eigenvalue weighted by atomic mass is 16.7. The number of ether oxygens (including phenoxy) is 3. The van der Waals surface area contributed by atoms with Crippen molar-refractivity contribution in [2.24, 2.45) is 0 Å². The van der Waals surface area contributed by atoms with Crippen LogP contribution in [0.5, 0.6) is 5.75 Å². The number of rotatable bonds is 5. The molecular formula is C17H22N2O3. The van der Waals surface area contributed by atoms with Gasteiger partial charge in [-0.2, -0.15) is 0 Å². The van der Waals surface area contributed by atoms with Gasteiger partial charge in [-0.1, -0.05) is 12.1 Å². The maximum Gasteiger partial charge on any atom is 0.200 e. The van der Waals surface area contributed by atoms with Crippen molar-refractivity contribution in [3.8, 4) is 17.1 Å². The fourth-order valence-electron chi connectivity index (χ4n) is 2.04. The number of para-hydroxylation sites is 1. The smallest absolute Gasteiger partial charge is 0.200 e. The SMILES string of the molecule is COC(OC)c1ccnc(-c2ccccc2OC(C)(C)C)n1. The first-order valence-corrected chi connectivity index (χ1v) is 7.11. The van der Waals surface area contributed by atoms with Gasteiger partial charge in [-0.25, -0.2) is 9.97 Å². The van der Waals surface area contributed by atoms with Crippen molar-refractivity contribution in [3.63, 3.8) is 0 Å². The van der Waals surface area contributed by atoms with E-state index in [2.05, 4.69) is 9.97 Å². The minimum atomic E-state index is -0.516. The molecule has 0 aliphatic carbocycles. The summed E-state index contributed by atoms with van der Waals surface area (Å²) in [5.41, 5.74) is 1.21. The Labute approximate surface area is 131 Å². The highest BCUT2D eigenvalue weighted by Crippen LogP contribution is 2.30. The van der Waals surface area contributed by atoms with Crippen molar-refractivity contribution in [2.45, 2.75) is 32.7 Å². The summed E-state index contributed by atoms with van der Waals surface area (Å²) in [5.74, 6) is 1.33. The zero-order valence-electron chi connectivity index (χ0n) is 13.7. The standard InChI is InChI=1S/C17H22N2O3/c1-17(2,3)22-14-9-7-6-8-12(14)15-18-11-10-13(19-15)16(20-4)21-5/h6-11,16H,1-5H3. The van der Waals surface area contributed by atoms with Gasteiger partial charge in [0, 0.05) is 20.4 Å². The normalized spacial score (nSPS) is 11.7. The third kappa shape index (κ3) is 4.02. The van der Waals surface area contributed by atoms with E-state index < -0.39 is 6.29 Å². The summed E-state index contributed by atoms with van der Waals surface area (Å²) in [5, 5.41) is 0. The Morgan fingerprint density at radius 1 is 1.00 bits per heavy atom. The number of methoxy groups -OCH3 is 2. The van der Waals surface area contributed by atoms with Crippen molar-refractivity contribution in [1.29, 1.82) is 0 Å². The topological polar surface area (TPSA) is 53.5 Å². The third-order valence-corrected chi connectivity index (χ3v) is 2.89. The molecule has 0 saturated heterocycles. The van der Waals surface area contributed by atoms with Gasteiger partial charge < -0.3 is 14.2 Å². The van der Waals surface area contributed by atoms with E-state index in [4.69, 9.17) is 14.2 Å². The zero-order valence-corrected chi connectivity index (χ0v) is 13.7. The summed E-state index contributed by atoms with van der Waals surface area (Å²) < 4.78 is 16.5. The van der Waals surface area contributed by atoms with Crippen LogP contribution in [0.1, 0.15) is 32.8 Å². The van der Waals surface area contributed by atoms with Crippen LogP contribution >= 0.6 is 0 Å². The Morgan fingerprint density at radius 2 is 1.68 bits per heavy atom. The molecule has 22 heavy (non-hydrogen) atoms. The van der Waals surface area contributed by atoms with Crippen molar-refractivity contribution < 1.29 is 14.2 Å². The second kappa shape index (κ2) is 6.85. The van der Waals surface area contributed by atoms with E-state index in [1.807, 2.05) is 45.0 Å². The molecule has 0 radical (unpaired) electrons. The van der Waals surface area contributed by atoms with Gasteiger partial charge in [0.05, 0.1) is 5.56 Å². The molecule has 0 saturated carbocycles. The molecular weight excluding hydrogens is 280 g/mol. The Hall–Kier alpha value is -1.98. The van der Waals surface area contributed by atoms with Gasteiger partial charge in [0.25, 0.3) is 0 Å². The first-order chi connectivity index (χ1) is 10.4. The number of benzene rings is 1. The molecule has 0 fully saturated rings. The molecule has 0 spiro atoms. The lowest BCUT2D eigenvalue weighted by Crippen LogP contribution is -2.23. The van der Waals surface area contributed by atoms with Crippen LogP contribution in [0.15, 0.2) is 36.5 Å². The quantitative estimate of drug-likeness (QED) is 0.790. The van der Waals surface area contributed by atoms with E-state index in [1.54, 1.807) is 26.5 Å². The highest BCUT2D eigenvalue weighted by Gasteiger charge is 2.18. The van der Waals surface area contributed by atoms with Crippen LogP contribution < -0.4 is 4.74 Å². The average Bonchev–Trinajstić information content (AvgIpc) is 2.48. The number of hydrogen-bond donors (Lipinski definition) is 0. The Balaban J connectivity index is 2.42. The molecule has 0 atom stereocenters. The summed E-state index contributed by atoms with van der Waals surface area (Å²) in [4.78, 5) is 8.88. The number of nitrogens with zero attached hydrogens (tertiary/aromatic N) is 2. The van der Waals surface area contributed by atoms with Crippen LogP contribution in [0.3, 0.4) is 0 Å². The molecule has 5 heteroatoms. The predicted octanol–water partition coefficient (Wildman–Crippen LogP) is 3.61. The first-order valence-electron chi connectivity index (χ1n) is 7.11. The lowest BCUT2D eigenvalue weighted by atomic mass is 10.1. The van der Waals surface area contributed by atoms with Crippen molar-refractivity contribution >= 4 is 0 Å². The average molecular weight is 302 g/mol. The fraction of sp³-hybridized carbons (Fsp3) is 0.412. The summed E-state index contributed by atoms with van der Waals surface area (Å²) in [6.45, 7) is 6.02. The fourth-order valence-corrected chi connectivity index (χ4v) is 2.04. The summed E-state index contributed by atoms with van der Waals surface area (Å²) in [6.07, 6.45) is 1.17. The molecule has 2 aromatic rings. The van der Waals surface area contributed by atoms with Gasteiger partial charge in [0.2, 0.25) is 6.29 Å². The van der Waals surface area contributed by atoms with Gasteiger partial charge >= 0.3 is 0 Å². The van der Waals surface area contributed by atoms with E-state index in [0.717, 1.165) is 11.3 Å². The van der Waals surface area contributed by atoms with Crippen LogP contribution in [-0.4, -0.2) is 29.8 Å². The van der Waals surface area contributed by atoms with Gasteiger partial charge in [-0.15, -0.1) is 0 Å². The van der Waals surface area contributed by atoms with Crippen LogP contribution in [0.4, 0.5) is 0 Å². The summed E-state index contributed by atoms with van der Waals surface area (Å²) in [7, 11) is 3.15. The molecule has 0 aliphatic heterocycles. The second-order valence-electron chi connectivity index (χ2n) is 5.82. The molecule has 1 aromatic carbocycles. The van der Waals surface area contributed by atoms with Crippen LogP contribution in [0, 0.1) is 0 Å². The second-order valence-corrected chi connectivity index (χ2v) is 5.82. The highest BCUT2D eigenvalue weighted by molar-refractivity contribution is 5.64.